The van der Waals surface area contributed by atoms with Gasteiger partial charge in [0, 0.05) is 35.1 Å². The zero-order chi connectivity index (χ0) is 14.7. The fraction of sp³-hybridized carbons (Fsp3) is 0.529. The van der Waals surface area contributed by atoms with E-state index in [0.29, 0.717) is 11.8 Å². The van der Waals surface area contributed by atoms with E-state index in [9.17, 15) is 9.59 Å². The van der Waals surface area contributed by atoms with Crippen LogP contribution in [0.3, 0.4) is 0 Å². The molecule has 4 rings (SSSR count). The fourth-order valence-corrected chi connectivity index (χ4v) is 4.90. The summed E-state index contributed by atoms with van der Waals surface area (Å²) in [4.78, 5) is 26.3. The van der Waals surface area contributed by atoms with Gasteiger partial charge in [0.1, 0.15) is 0 Å². The van der Waals surface area contributed by atoms with Gasteiger partial charge in [0.25, 0.3) is 0 Å². The molecule has 2 atom stereocenters. The maximum absolute atomic E-state index is 12.8. The molecule has 0 N–H and O–H groups in total. The largest absolute Gasteiger partial charge is 0.312 e. The number of ketones is 1. The second-order valence-electron chi connectivity index (χ2n) is 6.53. The highest BCUT2D eigenvalue weighted by Crippen LogP contribution is 2.59. The van der Waals surface area contributed by atoms with E-state index in [1.54, 1.807) is 11.8 Å². The first kappa shape index (κ1) is 13.5. The molecular weight excluding hydrogens is 330 g/mol. The molecule has 1 aromatic carbocycles. The number of Topliss-reactive ketones (excluding diaryl/α,β-unsaturated/α-hetero) is 1. The van der Waals surface area contributed by atoms with Crippen LogP contribution >= 0.6 is 15.9 Å². The van der Waals surface area contributed by atoms with Crippen molar-refractivity contribution in [3.8, 4) is 0 Å². The maximum Gasteiger partial charge on any atom is 0.223 e. The molecule has 1 aliphatic heterocycles. The number of fused-ring (bicyclic) bond motifs is 2. The van der Waals surface area contributed by atoms with Gasteiger partial charge >= 0.3 is 0 Å². The van der Waals surface area contributed by atoms with E-state index in [0.717, 1.165) is 34.3 Å². The number of hydrogen-bond acceptors (Lipinski definition) is 2. The van der Waals surface area contributed by atoms with Crippen molar-refractivity contribution in [2.45, 2.75) is 32.6 Å². The van der Waals surface area contributed by atoms with Crippen molar-refractivity contribution in [3.05, 3.63) is 27.7 Å². The predicted octanol–water partition coefficient (Wildman–Crippen LogP) is 3.59. The Morgan fingerprint density at radius 1 is 1.24 bits per heavy atom. The van der Waals surface area contributed by atoms with E-state index < -0.39 is 0 Å². The van der Waals surface area contributed by atoms with Crippen LogP contribution in [0.1, 0.15) is 42.1 Å². The van der Waals surface area contributed by atoms with Crippen molar-refractivity contribution < 1.29 is 9.59 Å². The molecule has 3 aliphatic rings. The molecular formula is C17H18BrNO2. The molecule has 1 amide bonds. The zero-order valence-corrected chi connectivity index (χ0v) is 13.6. The molecule has 0 aromatic heterocycles. The minimum atomic E-state index is 0.0535. The Bertz CT molecular complexity index is 644. The van der Waals surface area contributed by atoms with Crippen molar-refractivity contribution in [3.63, 3.8) is 0 Å². The standard InChI is InChI=1S/C17H18BrNO2/c1-9(20)19-6-5-10-7-14(18)13(8-15(10)19)17(21)16-11-3-2-4-12(11)16/h7-8,11-12,16H,2-6H2,1H3. The SMILES string of the molecule is CC(=O)N1CCc2cc(Br)c(C(=O)C3C4CCCC43)cc21. The Morgan fingerprint density at radius 3 is 2.62 bits per heavy atom. The first-order valence-corrected chi connectivity index (χ1v) is 8.52. The van der Waals surface area contributed by atoms with E-state index >= 15 is 0 Å². The first-order chi connectivity index (χ1) is 10.1. The lowest BCUT2D eigenvalue weighted by molar-refractivity contribution is -0.116. The average molecular weight is 348 g/mol. The number of carbonyl (C=O) groups is 2. The first-order valence-electron chi connectivity index (χ1n) is 7.72. The van der Waals surface area contributed by atoms with Crippen LogP contribution in [0.5, 0.6) is 0 Å². The Hall–Kier alpha value is -1.16. The number of benzene rings is 1. The highest BCUT2D eigenvalue weighted by molar-refractivity contribution is 9.10. The molecule has 2 aliphatic carbocycles. The van der Waals surface area contributed by atoms with E-state index in [-0.39, 0.29) is 17.6 Å². The molecule has 2 unspecified atom stereocenters. The predicted molar refractivity (Wildman–Crippen MR) is 84.5 cm³/mol. The van der Waals surface area contributed by atoms with Crippen molar-refractivity contribution in [2.75, 3.05) is 11.4 Å². The van der Waals surface area contributed by atoms with Gasteiger partial charge in [-0.15, -0.1) is 0 Å². The molecule has 2 saturated carbocycles. The Balaban J connectivity index is 1.68. The van der Waals surface area contributed by atoms with Crippen LogP contribution in [-0.4, -0.2) is 18.2 Å². The third kappa shape index (κ3) is 1.99. The Labute approximate surface area is 132 Å². The van der Waals surface area contributed by atoms with Gasteiger partial charge < -0.3 is 4.90 Å². The third-order valence-electron chi connectivity index (χ3n) is 5.42. The van der Waals surface area contributed by atoms with Gasteiger partial charge in [-0.1, -0.05) is 22.4 Å². The summed E-state index contributed by atoms with van der Waals surface area (Å²) in [7, 11) is 0. The lowest BCUT2D eigenvalue weighted by Crippen LogP contribution is -2.26. The van der Waals surface area contributed by atoms with E-state index in [1.165, 1.54) is 19.3 Å². The summed E-state index contributed by atoms with van der Waals surface area (Å²) in [5.74, 6) is 1.82. The van der Waals surface area contributed by atoms with Gasteiger partial charge in [-0.2, -0.15) is 0 Å². The molecule has 0 saturated heterocycles. The normalized spacial score (nSPS) is 29.2. The molecule has 3 nitrogen and oxygen atoms in total. The van der Waals surface area contributed by atoms with Crippen LogP contribution in [0.4, 0.5) is 5.69 Å². The second-order valence-corrected chi connectivity index (χ2v) is 7.38. The van der Waals surface area contributed by atoms with Crippen LogP contribution in [0.25, 0.3) is 0 Å². The van der Waals surface area contributed by atoms with E-state index in [4.69, 9.17) is 0 Å². The number of nitrogens with zero attached hydrogens (tertiary/aromatic N) is 1. The Kier molecular flexibility index (Phi) is 3.00. The van der Waals surface area contributed by atoms with Gasteiger partial charge in [-0.25, -0.2) is 0 Å². The average Bonchev–Trinajstić information content (AvgIpc) is 2.81. The van der Waals surface area contributed by atoms with Crippen LogP contribution in [-0.2, 0) is 11.2 Å². The maximum atomic E-state index is 12.8. The molecule has 4 heteroatoms. The number of rotatable bonds is 2. The summed E-state index contributed by atoms with van der Waals surface area (Å²) in [6, 6.07) is 3.97. The van der Waals surface area contributed by atoms with Crippen LogP contribution in [0.15, 0.2) is 16.6 Å². The van der Waals surface area contributed by atoms with Gasteiger partial charge in [0.05, 0.1) is 0 Å². The Morgan fingerprint density at radius 2 is 1.95 bits per heavy atom. The second kappa shape index (κ2) is 4.67. The molecule has 0 radical (unpaired) electrons. The van der Waals surface area contributed by atoms with Crippen molar-refractivity contribution in [1.29, 1.82) is 0 Å². The fourth-order valence-electron chi connectivity index (χ4n) is 4.31. The molecule has 1 aromatic rings. The topological polar surface area (TPSA) is 37.4 Å². The molecule has 110 valence electrons. The van der Waals surface area contributed by atoms with Crippen LogP contribution in [0, 0.1) is 17.8 Å². The summed E-state index contributed by atoms with van der Waals surface area (Å²) < 4.78 is 0.890. The lowest BCUT2D eigenvalue weighted by Gasteiger charge is -2.16. The molecule has 21 heavy (non-hydrogen) atoms. The number of carbonyl (C=O) groups excluding carboxylic acids is 2. The summed E-state index contributed by atoms with van der Waals surface area (Å²) in [5.41, 5.74) is 2.85. The molecule has 0 bridgehead atoms. The quantitative estimate of drug-likeness (QED) is 0.766. The van der Waals surface area contributed by atoms with Gasteiger partial charge in [0.15, 0.2) is 5.78 Å². The van der Waals surface area contributed by atoms with Crippen molar-refractivity contribution in [2.24, 2.45) is 17.8 Å². The van der Waals surface area contributed by atoms with Crippen LogP contribution in [0.2, 0.25) is 0 Å². The smallest absolute Gasteiger partial charge is 0.223 e. The lowest BCUT2D eigenvalue weighted by atomic mass is 9.99. The number of hydrogen-bond donors (Lipinski definition) is 0. The minimum Gasteiger partial charge on any atom is -0.312 e. The highest BCUT2D eigenvalue weighted by atomic mass is 79.9. The molecule has 0 spiro atoms. The zero-order valence-electron chi connectivity index (χ0n) is 12.1. The molecule has 2 fully saturated rings. The van der Waals surface area contributed by atoms with Gasteiger partial charge in [-0.3, -0.25) is 9.59 Å². The number of amides is 1. The minimum absolute atomic E-state index is 0.0535. The van der Waals surface area contributed by atoms with Gasteiger partial charge in [0.2, 0.25) is 5.91 Å². The monoisotopic (exact) mass is 347 g/mol. The van der Waals surface area contributed by atoms with E-state index in [1.807, 2.05) is 12.1 Å². The van der Waals surface area contributed by atoms with Crippen molar-refractivity contribution in [1.82, 2.24) is 0 Å². The number of anilines is 1. The highest BCUT2D eigenvalue weighted by Gasteiger charge is 2.56. The summed E-state index contributed by atoms with van der Waals surface area (Å²) in [6.45, 7) is 2.31. The van der Waals surface area contributed by atoms with Crippen molar-refractivity contribution >= 4 is 33.3 Å². The summed E-state index contributed by atoms with van der Waals surface area (Å²) in [6.07, 6.45) is 4.58. The molecule has 1 heterocycles. The summed E-state index contributed by atoms with van der Waals surface area (Å²) in [5, 5.41) is 0. The third-order valence-corrected chi connectivity index (χ3v) is 6.07. The summed E-state index contributed by atoms with van der Waals surface area (Å²) >= 11 is 3.56. The van der Waals surface area contributed by atoms with Gasteiger partial charge in [-0.05, 0) is 48.8 Å². The number of halogens is 1. The van der Waals surface area contributed by atoms with E-state index in [2.05, 4.69) is 15.9 Å². The van der Waals surface area contributed by atoms with Crippen LogP contribution < -0.4 is 4.90 Å².